The van der Waals surface area contributed by atoms with Gasteiger partial charge in [-0.25, -0.2) is 0 Å². The molecule has 0 amide bonds. The van der Waals surface area contributed by atoms with E-state index in [2.05, 4.69) is 0 Å². The van der Waals surface area contributed by atoms with Crippen molar-refractivity contribution in [1.29, 1.82) is 0 Å². The molecule has 1 saturated heterocycles. The van der Waals surface area contributed by atoms with Crippen molar-refractivity contribution in [1.82, 2.24) is 0 Å². The van der Waals surface area contributed by atoms with Crippen LogP contribution in [0.2, 0.25) is 0 Å². The van der Waals surface area contributed by atoms with Crippen LogP contribution in [0.4, 0.5) is 17.6 Å². The van der Waals surface area contributed by atoms with Crippen molar-refractivity contribution in [3.8, 4) is 0 Å². The van der Waals surface area contributed by atoms with Gasteiger partial charge in [-0.05, 0) is 12.8 Å². The highest BCUT2D eigenvalue weighted by atomic mass is 32.2. The van der Waals surface area contributed by atoms with Crippen LogP contribution in [0, 0.1) is 11.8 Å². The van der Waals surface area contributed by atoms with Crippen LogP contribution in [0.15, 0.2) is 0 Å². The van der Waals surface area contributed by atoms with Gasteiger partial charge in [0, 0.05) is 18.3 Å². The van der Waals surface area contributed by atoms with Crippen LogP contribution in [0.3, 0.4) is 0 Å². The van der Waals surface area contributed by atoms with Crippen LogP contribution in [-0.4, -0.2) is 56.0 Å². The van der Waals surface area contributed by atoms with Crippen LogP contribution in [0.1, 0.15) is 25.7 Å². The first-order chi connectivity index (χ1) is 11.7. The Labute approximate surface area is 145 Å². The van der Waals surface area contributed by atoms with Gasteiger partial charge < -0.3 is 4.74 Å². The van der Waals surface area contributed by atoms with E-state index in [1.165, 1.54) is 0 Å². The first-order valence-electron chi connectivity index (χ1n) is 7.51. The number of hydrogen-bond acceptors (Lipinski definition) is 7. The van der Waals surface area contributed by atoms with E-state index in [1.807, 2.05) is 0 Å². The number of hydrogen-bond donors (Lipinski definition) is 1. The molecule has 1 heterocycles. The normalized spacial score (nSPS) is 35.7. The molecule has 0 radical (unpaired) electrons. The molecule has 3 fully saturated rings. The molecule has 1 aliphatic heterocycles. The van der Waals surface area contributed by atoms with Gasteiger partial charge in [0.25, 0.3) is 10.1 Å². The third kappa shape index (κ3) is 2.90. The van der Waals surface area contributed by atoms with Crippen molar-refractivity contribution in [2.45, 2.75) is 54.3 Å². The Kier molecular flexibility index (Phi) is 4.37. The first-order valence-corrected chi connectivity index (χ1v) is 10.4. The van der Waals surface area contributed by atoms with E-state index in [4.69, 9.17) is 13.5 Å². The molecule has 3 aliphatic rings. The third-order valence-electron chi connectivity index (χ3n) is 5.07. The lowest BCUT2D eigenvalue weighted by Gasteiger charge is -2.26. The van der Waals surface area contributed by atoms with Crippen molar-refractivity contribution in [3.63, 3.8) is 0 Å². The smallest absolute Gasteiger partial charge is 0.431 e. The molecule has 5 atom stereocenters. The summed E-state index contributed by atoms with van der Waals surface area (Å²) in [5.74, 6) is -7.23. The molecule has 2 aliphatic carbocycles. The fourth-order valence-electron chi connectivity index (χ4n) is 3.85. The maximum absolute atomic E-state index is 13.4. The zero-order chi connectivity index (χ0) is 19.7. The Morgan fingerprint density at radius 1 is 1.23 bits per heavy atom. The topological polar surface area (TPSA) is 124 Å². The summed E-state index contributed by atoms with van der Waals surface area (Å²) < 4.78 is 115. The molecule has 2 bridgehead atoms. The molecule has 14 heteroatoms. The molecule has 150 valence electrons. The molecule has 3 rings (SSSR count). The van der Waals surface area contributed by atoms with Gasteiger partial charge in [0.1, 0.15) is 12.2 Å². The Morgan fingerprint density at radius 2 is 1.85 bits per heavy atom. The summed E-state index contributed by atoms with van der Waals surface area (Å²) in [7, 11) is -10.2. The fraction of sp³-hybridized carbons (Fsp3) is 0.917. The number of halogens is 4. The summed E-state index contributed by atoms with van der Waals surface area (Å²) in [5, 5.41) is -6.45. The van der Waals surface area contributed by atoms with Crippen LogP contribution in [0.5, 0.6) is 0 Å². The second-order valence-electron chi connectivity index (χ2n) is 6.64. The quantitative estimate of drug-likeness (QED) is 0.288. The molecular formula is C12H14F4O8S2. The van der Waals surface area contributed by atoms with Gasteiger partial charge in [0.2, 0.25) is 0 Å². The Morgan fingerprint density at radius 3 is 2.42 bits per heavy atom. The van der Waals surface area contributed by atoms with Gasteiger partial charge in [-0.2, -0.15) is 34.4 Å². The number of carbonyl (C=O) groups excluding carboxylic acids is 1. The van der Waals surface area contributed by atoms with Gasteiger partial charge in [-0.3, -0.25) is 13.5 Å². The molecule has 5 unspecified atom stereocenters. The minimum Gasteiger partial charge on any atom is -0.459 e. The summed E-state index contributed by atoms with van der Waals surface area (Å²) in [5.41, 5.74) is 0. The maximum atomic E-state index is 13.4. The third-order valence-corrected chi connectivity index (χ3v) is 7.80. The highest BCUT2D eigenvalue weighted by Crippen LogP contribution is 2.55. The average molecular weight is 426 g/mol. The van der Waals surface area contributed by atoms with Crippen molar-refractivity contribution >= 4 is 26.2 Å². The van der Waals surface area contributed by atoms with Gasteiger partial charge >= 0.3 is 27.3 Å². The van der Waals surface area contributed by atoms with E-state index in [-0.39, 0.29) is 18.3 Å². The van der Waals surface area contributed by atoms with Crippen molar-refractivity contribution < 1.29 is 52.7 Å². The zero-order valence-corrected chi connectivity index (χ0v) is 14.5. The van der Waals surface area contributed by atoms with E-state index < -0.39 is 67.7 Å². The van der Waals surface area contributed by atoms with Crippen molar-refractivity contribution in [3.05, 3.63) is 0 Å². The largest absolute Gasteiger partial charge is 0.459 e. The number of ether oxygens (including phenoxy) is 1. The molecule has 1 N–H and O–H groups in total. The molecule has 0 aromatic heterocycles. The molecule has 8 nitrogen and oxygen atoms in total. The van der Waals surface area contributed by atoms with Crippen LogP contribution < -0.4 is 0 Å². The maximum Gasteiger partial charge on any atom is 0.431 e. The first kappa shape index (κ1) is 19.8. The van der Waals surface area contributed by atoms with Crippen molar-refractivity contribution in [2.24, 2.45) is 11.8 Å². The lowest BCUT2D eigenvalue weighted by molar-refractivity contribution is -0.175. The molecule has 0 spiro atoms. The van der Waals surface area contributed by atoms with Crippen LogP contribution in [-0.2, 0) is 34.0 Å². The van der Waals surface area contributed by atoms with Gasteiger partial charge in [-0.15, -0.1) is 0 Å². The molecule has 2 saturated carbocycles. The second kappa shape index (κ2) is 5.75. The Bertz CT molecular complexity index is 824. The summed E-state index contributed by atoms with van der Waals surface area (Å²) in [6, 6.07) is 0. The summed E-state index contributed by atoms with van der Waals surface area (Å²) in [4.78, 5) is 11.7. The van der Waals surface area contributed by atoms with Gasteiger partial charge in [-0.1, -0.05) is 0 Å². The van der Waals surface area contributed by atoms with E-state index in [0.717, 1.165) is 0 Å². The lowest BCUT2D eigenvalue weighted by Crippen LogP contribution is -2.47. The van der Waals surface area contributed by atoms with Crippen LogP contribution >= 0.6 is 0 Å². The molecule has 0 aromatic carbocycles. The number of fused-ring (bicyclic) bond motifs is 1. The van der Waals surface area contributed by atoms with E-state index in [1.54, 1.807) is 0 Å². The molecule has 26 heavy (non-hydrogen) atoms. The van der Waals surface area contributed by atoms with E-state index in [0.29, 0.717) is 6.42 Å². The molecule has 0 aromatic rings. The second-order valence-corrected chi connectivity index (χ2v) is 9.88. The van der Waals surface area contributed by atoms with E-state index in [9.17, 15) is 39.2 Å². The number of rotatable bonds is 6. The zero-order valence-electron chi connectivity index (χ0n) is 12.8. The summed E-state index contributed by atoms with van der Waals surface area (Å²) in [6.07, 6.45) is -4.44. The summed E-state index contributed by atoms with van der Waals surface area (Å²) >= 11 is 0. The molecular weight excluding hydrogens is 412 g/mol. The monoisotopic (exact) mass is 426 g/mol. The van der Waals surface area contributed by atoms with Crippen molar-refractivity contribution in [2.75, 3.05) is 0 Å². The van der Waals surface area contributed by atoms with E-state index >= 15 is 0 Å². The van der Waals surface area contributed by atoms with Gasteiger partial charge in [0.15, 0.2) is 0 Å². The predicted molar refractivity (Wildman–Crippen MR) is 74.4 cm³/mol. The minimum absolute atomic E-state index is 0.193. The number of carbonyl (C=O) groups is 1. The Balaban J connectivity index is 1.61. The van der Waals surface area contributed by atoms with Gasteiger partial charge in [0.05, 0.1) is 11.7 Å². The highest BCUT2D eigenvalue weighted by Gasteiger charge is 2.66. The highest BCUT2D eigenvalue weighted by molar-refractivity contribution is 7.87. The van der Waals surface area contributed by atoms with Crippen LogP contribution in [0.25, 0.3) is 0 Å². The average Bonchev–Trinajstić information content (AvgIpc) is 3.08. The minimum atomic E-state index is -6.38. The SMILES string of the molecule is O=C(CCC(F)(F)C(F)(F)S(=O)(=O)O)OC1C2CC3C1OS(=O)(=O)C3C2. The number of alkyl halides is 4. The number of esters is 1. The summed E-state index contributed by atoms with van der Waals surface area (Å²) in [6.45, 7) is 0. The predicted octanol–water partition coefficient (Wildman–Crippen LogP) is 0.931. The Hall–Kier alpha value is -0.990. The fourth-order valence-corrected chi connectivity index (χ4v) is 6.21. The standard InChI is InChI=1S/C12H14F4O8S2/c13-11(14,12(15,16)26(20,21)22)2-1-8(17)23-9-5-3-6-7(4-5)25(18,19)24-10(6)9/h5-7,9-10H,1-4H2,(H,20,21,22). The lowest BCUT2D eigenvalue weighted by atomic mass is 9.94.